The second-order valence-electron chi connectivity index (χ2n) is 9.87. The molecule has 5 rings (SSSR count). The minimum absolute atomic E-state index is 0.103. The molecule has 0 unspecified atom stereocenters. The highest BCUT2D eigenvalue weighted by Crippen LogP contribution is 2.28. The third-order valence-electron chi connectivity index (χ3n) is 6.94. The molecule has 1 aromatic carbocycles. The first kappa shape index (κ1) is 23.3. The summed E-state index contributed by atoms with van der Waals surface area (Å²) in [6.45, 7) is 11.5. The Kier molecular flexibility index (Phi) is 6.46. The van der Waals surface area contributed by atoms with Gasteiger partial charge >= 0.3 is 0 Å². The number of hydrogen-bond acceptors (Lipinski definition) is 8. The van der Waals surface area contributed by atoms with Gasteiger partial charge in [0.1, 0.15) is 0 Å². The molecule has 0 spiro atoms. The molecule has 2 aliphatic rings. The number of amides is 1. The van der Waals surface area contributed by atoms with Gasteiger partial charge in [0, 0.05) is 69.7 Å². The quantitative estimate of drug-likeness (QED) is 0.560. The number of likely N-dealkylation sites (tertiary alicyclic amines) is 1. The highest BCUT2D eigenvalue weighted by Gasteiger charge is 2.25. The van der Waals surface area contributed by atoms with Crippen LogP contribution in [0.3, 0.4) is 0 Å². The minimum atomic E-state index is 0.103. The monoisotopic (exact) mass is 477 g/mol. The molecule has 10 heteroatoms. The van der Waals surface area contributed by atoms with Crippen molar-refractivity contribution in [2.24, 2.45) is 0 Å². The van der Waals surface area contributed by atoms with Crippen molar-refractivity contribution in [3.63, 3.8) is 0 Å². The summed E-state index contributed by atoms with van der Waals surface area (Å²) in [4.78, 5) is 32.6. The average molecular weight is 478 g/mol. The smallest absolute Gasteiger partial charge is 0.227 e. The van der Waals surface area contributed by atoms with Crippen LogP contribution in [0.25, 0.3) is 11.2 Å². The molecule has 2 saturated heterocycles. The Morgan fingerprint density at radius 1 is 1.06 bits per heavy atom. The van der Waals surface area contributed by atoms with E-state index in [1.807, 2.05) is 11.2 Å². The van der Waals surface area contributed by atoms with Crippen LogP contribution in [0.15, 0.2) is 30.6 Å². The van der Waals surface area contributed by atoms with Crippen LogP contribution in [0.5, 0.6) is 0 Å². The lowest BCUT2D eigenvalue weighted by atomic mass is 10.2. The van der Waals surface area contributed by atoms with Gasteiger partial charge in [-0.1, -0.05) is 0 Å². The summed E-state index contributed by atoms with van der Waals surface area (Å²) in [6, 6.07) is 8.85. The molecule has 186 valence electrons. The fraction of sp³-hybridized carbons (Fsp3) is 0.520. The van der Waals surface area contributed by atoms with Crippen molar-refractivity contribution >= 4 is 40.2 Å². The average Bonchev–Trinajstić information content (AvgIpc) is 3.48. The molecule has 2 N–H and O–H groups in total. The molecule has 1 amide bonds. The summed E-state index contributed by atoms with van der Waals surface area (Å²) >= 11 is 0. The Hall–Kier alpha value is -3.40. The van der Waals surface area contributed by atoms with Crippen LogP contribution in [0.4, 0.5) is 23.1 Å². The van der Waals surface area contributed by atoms with Crippen LogP contribution < -0.4 is 15.5 Å². The number of nitrogens with zero attached hydrogens (tertiary/aromatic N) is 7. The van der Waals surface area contributed by atoms with E-state index in [9.17, 15) is 4.79 Å². The molecule has 10 nitrogen and oxygen atoms in total. The maximum atomic E-state index is 11.7. The van der Waals surface area contributed by atoms with E-state index in [1.54, 1.807) is 6.92 Å². The lowest BCUT2D eigenvalue weighted by Gasteiger charge is -2.34. The summed E-state index contributed by atoms with van der Waals surface area (Å²) in [7, 11) is 2.17. The second-order valence-corrected chi connectivity index (χ2v) is 9.87. The largest absolute Gasteiger partial charge is 0.369 e. The highest BCUT2D eigenvalue weighted by atomic mass is 16.2. The van der Waals surface area contributed by atoms with E-state index in [0.29, 0.717) is 18.3 Å². The van der Waals surface area contributed by atoms with E-state index in [4.69, 9.17) is 9.97 Å². The first-order valence-electron chi connectivity index (χ1n) is 12.4. The van der Waals surface area contributed by atoms with E-state index in [-0.39, 0.29) is 18.0 Å². The number of anilines is 4. The maximum Gasteiger partial charge on any atom is 0.227 e. The molecule has 4 heterocycles. The maximum absolute atomic E-state index is 11.7. The number of nitrogens with one attached hydrogen (secondary N) is 2. The molecule has 2 fully saturated rings. The van der Waals surface area contributed by atoms with Crippen molar-refractivity contribution in [2.75, 3.05) is 61.8 Å². The van der Waals surface area contributed by atoms with Gasteiger partial charge in [-0.3, -0.25) is 4.79 Å². The van der Waals surface area contributed by atoms with Gasteiger partial charge in [0.15, 0.2) is 17.0 Å². The molecule has 2 aliphatic heterocycles. The molecule has 2 aromatic heterocycles. The SMILES string of the molecule is CC(=O)N1CC[C@H](Nc2nc(Nc3ccc(N4CCN(C)CC4)cc3)c3ncn(C(C)C)c3n2)C1. The molecule has 0 saturated carbocycles. The standard InChI is InChI=1S/C25H35N9O/c1-17(2)34-16-26-22-23(27-19-5-7-21(8-6-19)32-13-11-31(4)12-14-32)29-25(30-24(22)34)28-20-9-10-33(15-20)18(3)35/h5-8,16-17,20H,9-15H2,1-4H3,(H2,27,28,29,30)/t20-/m0/s1. The zero-order valence-corrected chi connectivity index (χ0v) is 21.0. The lowest BCUT2D eigenvalue weighted by molar-refractivity contribution is -0.127. The number of carbonyl (C=O) groups is 1. The van der Waals surface area contributed by atoms with Crippen LogP contribution in [-0.4, -0.2) is 87.6 Å². The summed E-state index contributed by atoms with van der Waals surface area (Å²) < 4.78 is 2.06. The van der Waals surface area contributed by atoms with Crippen LogP contribution in [0.1, 0.15) is 33.2 Å². The predicted octanol–water partition coefficient (Wildman–Crippen LogP) is 2.94. The zero-order valence-electron chi connectivity index (χ0n) is 21.0. The number of benzene rings is 1. The van der Waals surface area contributed by atoms with E-state index in [0.717, 1.165) is 56.0 Å². The van der Waals surface area contributed by atoms with Gasteiger partial charge in [-0.2, -0.15) is 9.97 Å². The summed E-state index contributed by atoms with van der Waals surface area (Å²) in [6.07, 6.45) is 2.70. The van der Waals surface area contributed by atoms with Gasteiger partial charge in [0.25, 0.3) is 0 Å². The Labute approximate surface area is 206 Å². The van der Waals surface area contributed by atoms with Crippen molar-refractivity contribution in [3.05, 3.63) is 30.6 Å². The molecule has 1 atom stereocenters. The van der Waals surface area contributed by atoms with Gasteiger partial charge in [0.05, 0.1) is 6.33 Å². The van der Waals surface area contributed by atoms with Crippen molar-refractivity contribution in [1.29, 1.82) is 0 Å². The molecule has 35 heavy (non-hydrogen) atoms. The number of rotatable bonds is 6. The highest BCUT2D eigenvalue weighted by molar-refractivity contribution is 5.86. The normalized spacial score (nSPS) is 19.1. The van der Waals surface area contributed by atoms with E-state index in [1.165, 1.54) is 5.69 Å². The number of piperazine rings is 1. The number of aromatic nitrogens is 4. The topological polar surface area (TPSA) is 94.5 Å². The number of fused-ring (bicyclic) bond motifs is 1. The minimum Gasteiger partial charge on any atom is -0.369 e. The van der Waals surface area contributed by atoms with Crippen LogP contribution in [-0.2, 0) is 4.79 Å². The Morgan fingerprint density at radius 2 is 1.80 bits per heavy atom. The van der Waals surface area contributed by atoms with Crippen molar-refractivity contribution in [2.45, 2.75) is 39.3 Å². The number of likely N-dealkylation sites (N-methyl/N-ethyl adjacent to an activating group) is 1. The summed E-state index contributed by atoms with van der Waals surface area (Å²) in [5.41, 5.74) is 3.72. The molecule has 0 bridgehead atoms. The van der Waals surface area contributed by atoms with Crippen LogP contribution in [0, 0.1) is 0 Å². The van der Waals surface area contributed by atoms with Gasteiger partial charge in [0.2, 0.25) is 11.9 Å². The molecular weight excluding hydrogens is 442 g/mol. The zero-order chi connectivity index (χ0) is 24.5. The number of imidazole rings is 1. The molecule has 0 aliphatic carbocycles. The van der Waals surface area contributed by atoms with Gasteiger partial charge in [-0.25, -0.2) is 4.98 Å². The number of hydrogen-bond donors (Lipinski definition) is 2. The third kappa shape index (κ3) is 5.02. The van der Waals surface area contributed by atoms with Gasteiger partial charge in [-0.15, -0.1) is 0 Å². The Bertz CT molecular complexity index is 1180. The van der Waals surface area contributed by atoms with Crippen LogP contribution in [0.2, 0.25) is 0 Å². The Morgan fingerprint density at radius 3 is 2.46 bits per heavy atom. The second kappa shape index (κ2) is 9.69. The molecule has 3 aromatic rings. The van der Waals surface area contributed by atoms with Crippen molar-refractivity contribution < 1.29 is 4.79 Å². The molecule has 0 radical (unpaired) electrons. The van der Waals surface area contributed by atoms with Crippen molar-refractivity contribution in [1.82, 2.24) is 29.3 Å². The first-order chi connectivity index (χ1) is 16.9. The number of carbonyl (C=O) groups excluding carboxylic acids is 1. The Balaban J connectivity index is 1.39. The fourth-order valence-electron chi connectivity index (χ4n) is 4.75. The lowest BCUT2D eigenvalue weighted by Crippen LogP contribution is -2.44. The predicted molar refractivity (Wildman–Crippen MR) is 139 cm³/mol. The third-order valence-corrected chi connectivity index (χ3v) is 6.94. The van der Waals surface area contributed by atoms with Gasteiger partial charge < -0.3 is 29.9 Å². The molecular formula is C25H35N9O. The fourth-order valence-corrected chi connectivity index (χ4v) is 4.75. The summed E-state index contributed by atoms with van der Waals surface area (Å²) in [5.74, 6) is 1.32. The van der Waals surface area contributed by atoms with E-state index < -0.39 is 0 Å². The van der Waals surface area contributed by atoms with Crippen molar-refractivity contribution in [3.8, 4) is 0 Å². The van der Waals surface area contributed by atoms with E-state index >= 15 is 0 Å². The van der Waals surface area contributed by atoms with Crippen LogP contribution >= 0.6 is 0 Å². The first-order valence-corrected chi connectivity index (χ1v) is 12.4. The summed E-state index contributed by atoms with van der Waals surface area (Å²) in [5, 5.41) is 6.92. The van der Waals surface area contributed by atoms with E-state index in [2.05, 4.69) is 75.1 Å². The van der Waals surface area contributed by atoms with Gasteiger partial charge in [-0.05, 0) is 51.6 Å².